The van der Waals surface area contributed by atoms with Crippen molar-refractivity contribution < 1.29 is 24.2 Å². The predicted octanol–water partition coefficient (Wildman–Crippen LogP) is 1.47. The second-order valence-corrected chi connectivity index (χ2v) is 4.98. The summed E-state index contributed by atoms with van der Waals surface area (Å²) in [6.07, 6.45) is 0.0247. The SMILES string of the molecule is COc1ccc(OC)c(CC(=O)N[C@H](C(=O)O)C(C)C)c1. The van der Waals surface area contributed by atoms with Gasteiger partial charge in [0.15, 0.2) is 0 Å². The van der Waals surface area contributed by atoms with E-state index in [0.29, 0.717) is 17.1 Å². The van der Waals surface area contributed by atoms with Crippen molar-refractivity contribution in [3.05, 3.63) is 23.8 Å². The molecule has 1 atom stereocenters. The second-order valence-electron chi connectivity index (χ2n) is 4.98. The van der Waals surface area contributed by atoms with Crippen LogP contribution in [0.3, 0.4) is 0 Å². The van der Waals surface area contributed by atoms with Crippen LogP contribution in [0.2, 0.25) is 0 Å². The normalized spacial score (nSPS) is 11.9. The molecule has 0 aromatic heterocycles. The van der Waals surface area contributed by atoms with E-state index >= 15 is 0 Å². The van der Waals surface area contributed by atoms with Gasteiger partial charge in [-0.2, -0.15) is 0 Å². The topological polar surface area (TPSA) is 84.9 Å². The van der Waals surface area contributed by atoms with Crippen LogP contribution in [0.25, 0.3) is 0 Å². The highest BCUT2D eigenvalue weighted by atomic mass is 16.5. The summed E-state index contributed by atoms with van der Waals surface area (Å²) in [5.74, 6) is -0.447. The van der Waals surface area contributed by atoms with Gasteiger partial charge in [0.2, 0.25) is 5.91 Å². The Morgan fingerprint density at radius 3 is 2.38 bits per heavy atom. The molecule has 1 aromatic rings. The van der Waals surface area contributed by atoms with E-state index < -0.39 is 12.0 Å². The van der Waals surface area contributed by atoms with Gasteiger partial charge in [-0.1, -0.05) is 13.8 Å². The molecule has 0 aliphatic carbocycles. The highest BCUT2D eigenvalue weighted by Gasteiger charge is 2.23. The Morgan fingerprint density at radius 2 is 1.90 bits per heavy atom. The van der Waals surface area contributed by atoms with Crippen LogP contribution in [-0.4, -0.2) is 37.2 Å². The lowest BCUT2D eigenvalue weighted by molar-refractivity contribution is -0.143. The minimum Gasteiger partial charge on any atom is -0.497 e. The van der Waals surface area contributed by atoms with Crippen LogP contribution in [0.1, 0.15) is 19.4 Å². The van der Waals surface area contributed by atoms with Crippen molar-refractivity contribution in [2.24, 2.45) is 5.92 Å². The van der Waals surface area contributed by atoms with Gasteiger partial charge in [-0.15, -0.1) is 0 Å². The van der Waals surface area contributed by atoms with Crippen LogP contribution in [0.4, 0.5) is 0 Å². The van der Waals surface area contributed by atoms with E-state index in [1.807, 2.05) is 0 Å². The highest BCUT2D eigenvalue weighted by molar-refractivity contribution is 5.85. The Labute approximate surface area is 124 Å². The zero-order chi connectivity index (χ0) is 16.0. The van der Waals surface area contributed by atoms with Gasteiger partial charge in [-0.25, -0.2) is 4.79 Å². The molecule has 0 fully saturated rings. The number of aliphatic carboxylic acids is 1. The summed E-state index contributed by atoms with van der Waals surface area (Å²) >= 11 is 0. The first-order chi connectivity index (χ1) is 9.88. The van der Waals surface area contributed by atoms with Crippen molar-refractivity contribution in [3.63, 3.8) is 0 Å². The molecule has 1 aromatic carbocycles. The summed E-state index contributed by atoms with van der Waals surface area (Å²) in [6.45, 7) is 3.48. The number of methoxy groups -OCH3 is 2. The number of carbonyl (C=O) groups excluding carboxylic acids is 1. The van der Waals surface area contributed by atoms with E-state index in [1.54, 1.807) is 32.0 Å². The smallest absolute Gasteiger partial charge is 0.326 e. The van der Waals surface area contributed by atoms with Crippen LogP contribution in [0, 0.1) is 5.92 Å². The average molecular weight is 295 g/mol. The van der Waals surface area contributed by atoms with Gasteiger partial charge in [0.05, 0.1) is 20.6 Å². The van der Waals surface area contributed by atoms with Gasteiger partial charge in [-0.3, -0.25) is 4.79 Å². The minimum absolute atomic E-state index is 0.0247. The van der Waals surface area contributed by atoms with E-state index in [9.17, 15) is 9.59 Å². The summed E-state index contributed by atoms with van der Waals surface area (Å²) in [4.78, 5) is 23.1. The molecule has 0 aliphatic heterocycles. The molecule has 1 amide bonds. The maximum Gasteiger partial charge on any atom is 0.326 e. The molecule has 116 valence electrons. The number of hydrogen-bond acceptors (Lipinski definition) is 4. The number of ether oxygens (including phenoxy) is 2. The first-order valence-corrected chi connectivity index (χ1v) is 6.62. The van der Waals surface area contributed by atoms with Crippen molar-refractivity contribution in [3.8, 4) is 11.5 Å². The van der Waals surface area contributed by atoms with Crippen molar-refractivity contribution in [1.82, 2.24) is 5.32 Å². The second kappa shape index (κ2) is 7.52. The average Bonchev–Trinajstić information content (AvgIpc) is 2.43. The third-order valence-electron chi connectivity index (χ3n) is 3.09. The molecule has 0 radical (unpaired) electrons. The van der Waals surface area contributed by atoms with Gasteiger partial charge in [0.25, 0.3) is 0 Å². The summed E-state index contributed by atoms with van der Waals surface area (Å²) in [5, 5.41) is 11.6. The molecule has 0 heterocycles. The van der Waals surface area contributed by atoms with E-state index in [2.05, 4.69) is 5.32 Å². The first-order valence-electron chi connectivity index (χ1n) is 6.62. The number of amides is 1. The Hall–Kier alpha value is -2.24. The fourth-order valence-corrected chi connectivity index (χ4v) is 1.93. The molecule has 21 heavy (non-hydrogen) atoms. The Kier molecular flexibility index (Phi) is 6.02. The lowest BCUT2D eigenvalue weighted by atomic mass is 10.0. The van der Waals surface area contributed by atoms with Crippen molar-refractivity contribution in [2.75, 3.05) is 14.2 Å². The number of nitrogens with one attached hydrogen (secondary N) is 1. The fraction of sp³-hybridized carbons (Fsp3) is 0.467. The number of benzene rings is 1. The minimum atomic E-state index is -1.05. The fourth-order valence-electron chi connectivity index (χ4n) is 1.93. The van der Waals surface area contributed by atoms with E-state index in [-0.39, 0.29) is 18.2 Å². The molecule has 0 saturated heterocycles. The molecule has 0 saturated carbocycles. The van der Waals surface area contributed by atoms with Crippen molar-refractivity contribution in [2.45, 2.75) is 26.3 Å². The predicted molar refractivity (Wildman–Crippen MR) is 77.7 cm³/mol. The summed E-state index contributed by atoms with van der Waals surface area (Å²) in [6, 6.07) is 4.23. The molecule has 0 spiro atoms. The van der Waals surface area contributed by atoms with Crippen molar-refractivity contribution in [1.29, 1.82) is 0 Å². The summed E-state index contributed by atoms with van der Waals surface area (Å²) in [5.41, 5.74) is 0.641. The van der Waals surface area contributed by atoms with E-state index in [1.165, 1.54) is 14.2 Å². The summed E-state index contributed by atoms with van der Waals surface area (Å²) in [7, 11) is 3.04. The highest BCUT2D eigenvalue weighted by Crippen LogP contribution is 2.24. The maximum atomic E-state index is 12.0. The molecule has 6 nitrogen and oxygen atoms in total. The molecule has 0 unspecified atom stereocenters. The lowest BCUT2D eigenvalue weighted by Gasteiger charge is -2.18. The number of carboxylic acids is 1. The van der Waals surface area contributed by atoms with Gasteiger partial charge >= 0.3 is 5.97 Å². The number of carbonyl (C=O) groups is 2. The summed E-state index contributed by atoms with van der Waals surface area (Å²) < 4.78 is 10.3. The molecular formula is C15H21NO5. The third kappa shape index (κ3) is 4.66. The molecule has 1 rings (SSSR count). The van der Waals surface area contributed by atoms with Crippen LogP contribution < -0.4 is 14.8 Å². The largest absolute Gasteiger partial charge is 0.497 e. The molecule has 2 N–H and O–H groups in total. The van der Waals surface area contributed by atoms with Gasteiger partial charge in [-0.05, 0) is 24.1 Å². The van der Waals surface area contributed by atoms with Gasteiger partial charge in [0, 0.05) is 5.56 Å². The number of hydrogen-bond donors (Lipinski definition) is 2. The van der Waals surface area contributed by atoms with E-state index in [4.69, 9.17) is 14.6 Å². The molecule has 6 heteroatoms. The van der Waals surface area contributed by atoms with Gasteiger partial charge in [0.1, 0.15) is 17.5 Å². The zero-order valence-corrected chi connectivity index (χ0v) is 12.7. The first kappa shape index (κ1) is 16.8. The third-order valence-corrected chi connectivity index (χ3v) is 3.09. The molecule has 0 bridgehead atoms. The molecule has 0 aliphatic rings. The number of rotatable bonds is 7. The van der Waals surface area contributed by atoms with Crippen LogP contribution >= 0.6 is 0 Å². The Balaban J connectivity index is 2.85. The number of carboxylic acid groups (broad SMARTS) is 1. The lowest BCUT2D eigenvalue weighted by Crippen LogP contribution is -2.44. The zero-order valence-electron chi connectivity index (χ0n) is 12.7. The maximum absolute atomic E-state index is 12.0. The van der Waals surface area contributed by atoms with Crippen LogP contribution in [-0.2, 0) is 16.0 Å². The monoisotopic (exact) mass is 295 g/mol. The molecular weight excluding hydrogens is 274 g/mol. The van der Waals surface area contributed by atoms with Gasteiger partial charge < -0.3 is 19.9 Å². The Morgan fingerprint density at radius 1 is 1.24 bits per heavy atom. The standard InChI is InChI=1S/C15H21NO5/c1-9(2)14(15(18)19)16-13(17)8-10-7-11(20-3)5-6-12(10)21-4/h5-7,9,14H,8H2,1-4H3,(H,16,17)(H,18,19)/t14-/m0/s1. The van der Waals surface area contributed by atoms with Crippen LogP contribution in [0.5, 0.6) is 11.5 Å². The quantitative estimate of drug-likeness (QED) is 0.795. The Bertz CT molecular complexity index is 513. The van der Waals surface area contributed by atoms with Crippen molar-refractivity contribution >= 4 is 11.9 Å². The van der Waals surface area contributed by atoms with Crippen LogP contribution in [0.15, 0.2) is 18.2 Å². The van der Waals surface area contributed by atoms with E-state index in [0.717, 1.165) is 0 Å².